The third-order valence-corrected chi connectivity index (χ3v) is 4.86. The van der Waals surface area contributed by atoms with E-state index in [-0.39, 0.29) is 6.04 Å². The Morgan fingerprint density at radius 1 is 1.33 bits per heavy atom. The van der Waals surface area contributed by atoms with Crippen molar-refractivity contribution in [3.63, 3.8) is 0 Å². The molecule has 0 aromatic carbocycles. The van der Waals surface area contributed by atoms with Gasteiger partial charge in [-0.05, 0) is 25.2 Å². The molecule has 12 heavy (non-hydrogen) atoms. The van der Waals surface area contributed by atoms with E-state index in [4.69, 9.17) is 5.73 Å². The Kier molecular flexibility index (Phi) is 4.34. The molecule has 0 rings (SSSR count). The molecule has 0 amide bonds. The second-order valence-electron chi connectivity index (χ2n) is 4.58. The Bertz CT molecular complexity index is 213. The van der Waals surface area contributed by atoms with Crippen LogP contribution < -0.4 is 5.73 Å². The van der Waals surface area contributed by atoms with Gasteiger partial charge in [-0.15, -0.1) is 0 Å². The predicted molar refractivity (Wildman–Crippen MR) is 63.0 cm³/mol. The Morgan fingerprint density at radius 3 is 1.83 bits per heavy atom. The lowest BCUT2D eigenvalue weighted by molar-refractivity contribution is 0.907. The van der Waals surface area contributed by atoms with Gasteiger partial charge in [0.1, 0.15) is 0 Å². The summed E-state index contributed by atoms with van der Waals surface area (Å²) < 4.78 is 0. The smallest absolute Gasteiger partial charge is 0.0835 e. The molecule has 1 unspecified atom stereocenters. The Labute approximate surface area is 78.9 Å². The molecule has 0 radical (unpaired) electrons. The van der Waals surface area contributed by atoms with Crippen LogP contribution in [0.4, 0.5) is 0 Å². The lowest BCUT2D eigenvalue weighted by atomic mass is 10.4. The van der Waals surface area contributed by atoms with Gasteiger partial charge in [0.05, 0.1) is 16.5 Å². The minimum atomic E-state index is -1.21. The first-order chi connectivity index (χ1) is 5.25. The van der Waals surface area contributed by atoms with Gasteiger partial charge in [0, 0.05) is 6.04 Å². The van der Waals surface area contributed by atoms with Crippen LogP contribution in [0.5, 0.6) is 0 Å². The SMILES string of the molecule is CC(N)C(=C=[Si](C)C)[Si](C)(C)C. The third-order valence-electron chi connectivity index (χ3n) is 1.65. The number of hydrogen-bond acceptors (Lipinski definition) is 1. The molecule has 0 aromatic heterocycles. The molecule has 0 aliphatic heterocycles. The van der Waals surface area contributed by atoms with Crippen molar-refractivity contribution in [1.82, 2.24) is 0 Å². The monoisotopic (exact) mass is 199 g/mol. The van der Waals surface area contributed by atoms with Gasteiger partial charge in [-0.3, -0.25) is 0 Å². The van der Waals surface area contributed by atoms with E-state index in [1.54, 1.807) is 0 Å². The van der Waals surface area contributed by atoms with Gasteiger partial charge in [-0.2, -0.15) is 5.33 Å². The quantitative estimate of drug-likeness (QED) is 0.675. The Hall–Kier alpha value is 0.0438. The highest BCUT2D eigenvalue weighted by atomic mass is 28.3. The van der Waals surface area contributed by atoms with E-state index in [0.717, 1.165) is 0 Å². The minimum absolute atomic E-state index is 0.205. The zero-order chi connectivity index (χ0) is 9.94. The summed E-state index contributed by atoms with van der Waals surface area (Å²) in [6.45, 7) is 13.6. The summed E-state index contributed by atoms with van der Waals surface area (Å²) in [5.74, 6) is 0. The lowest BCUT2D eigenvalue weighted by Gasteiger charge is -2.22. The maximum atomic E-state index is 5.92. The first kappa shape index (κ1) is 12.0. The molecule has 0 aliphatic rings. The molecular formula is C9H21NSi2. The largest absolute Gasteiger partial charge is 0.324 e. The molecule has 0 aromatic rings. The van der Waals surface area contributed by atoms with Crippen molar-refractivity contribution in [3.05, 3.63) is 5.20 Å². The van der Waals surface area contributed by atoms with Crippen molar-refractivity contribution >= 4 is 21.8 Å². The van der Waals surface area contributed by atoms with Gasteiger partial charge < -0.3 is 5.73 Å². The summed E-state index contributed by atoms with van der Waals surface area (Å²) in [6, 6.07) is 0.205. The fourth-order valence-corrected chi connectivity index (χ4v) is 5.64. The first-order valence-electron chi connectivity index (χ1n) is 4.45. The summed E-state index contributed by atoms with van der Waals surface area (Å²) in [5.41, 5.74) is 5.92. The van der Waals surface area contributed by atoms with Crippen molar-refractivity contribution < 1.29 is 0 Å². The number of nitrogens with two attached hydrogens (primary N) is 1. The fraction of sp³-hybridized carbons (Fsp3) is 0.778. The number of rotatable bonds is 2. The molecule has 2 N–H and O–H groups in total. The van der Waals surface area contributed by atoms with Crippen LogP contribution in [0.15, 0.2) is 5.20 Å². The zero-order valence-corrected chi connectivity index (χ0v) is 11.2. The van der Waals surface area contributed by atoms with Crippen LogP contribution in [0.1, 0.15) is 6.92 Å². The maximum Gasteiger partial charge on any atom is 0.0835 e. The van der Waals surface area contributed by atoms with Crippen LogP contribution in [0, 0.1) is 0 Å². The highest BCUT2D eigenvalue weighted by Gasteiger charge is 2.21. The highest BCUT2D eigenvalue weighted by Crippen LogP contribution is 2.13. The van der Waals surface area contributed by atoms with Gasteiger partial charge in [0.25, 0.3) is 0 Å². The van der Waals surface area contributed by atoms with Crippen molar-refractivity contribution in [2.24, 2.45) is 5.73 Å². The normalized spacial score (nSPS) is 13.6. The summed E-state index contributed by atoms with van der Waals surface area (Å²) in [7, 11) is -1.60. The van der Waals surface area contributed by atoms with Crippen LogP contribution in [-0.2, 0) is 0 Å². The van der Waals surface area contributed by atoms with Crippen molar-refractivity contribution in [3.8, 4) is 0 Å². The average molecular weight is 199 g/mol. The van der Waals surface area contributed by atoms with E-state index in [9.17, 15) is 0 Å². The van der Waals surface area contributed by atoms with E-state index >= 15 is 0 Å². The summed E-state index contributed by atoms with van der Waals surface area (Å²) in [6.07, 6.45) is 0. The van der Waals surface area contributed by atoms with Crippen LogP contribution in [0.3, 0.4) is 0 Å². The molecule has 1 atom stereocenters. The molecule has 0 saturated carbocycles. The summed E-state index contributed by atoms with van der Waals surface area (Å²) in [4.78, 5) is 0. The molecular weight excluding hydrogens is 178 g/mol. The molecule has 0 bridgehead atoms. The molecule has 70 valence electrons. The van der Waals surface area contributed by atoms with Crippen LogP contribution in [0.2, 0.25) is 32.7 Å². The lowest BCUT2D eigenvalue weighted by Crippen LogP contribution is -2.36. The molecule has 0 spiro atoms. The van der Waals surface area contributed by atoms with Crippen molar-refractivity contribution in [2.75, 3.05) is 0 Å². The van der Waals surface area contributed by atoms with Crippen LogP contribution in [0.25, 0.3) is 0 Å². The van der Waals surface area contributed by atoms with Crippen molar-refractivity contribution in [2.45, 2.75) is 45.7 Å². The van der Waals surface area contributed by atoms with E-state index in [0.29, 0.717) is 0 Å². The van der Waals surface area contributed by atoms with Gasteiger partial charge in [-0.1, -0.05) is 19.6 Å². The highest BCUT2D eigenvalue weighted by molar-refractivity contribution is 6.86. The van der Waals surface area contributed by atoms with E-state index in [2.05, 4.69) is 45.0 Å². The molecule has 0 heterocycles. The Balaban J connectivity index is 5.10. The van der Waals surface area contributed by atoms with E-state index in [1.165, 1.54) is 5.20 Å². The second kappa shape index (κ2) is 4.33. The minimum Gasteiger partial charge on any atom is -0.324 e. The second-order valence-corrected chi connectivity index (χ2v) is 11.9. The molecule has 3 heteroatoms. The Morgan fingerprint density at radius 2 is 1.75 bits per heavy atom. The van der Waals surface area contributed by atoms with Gasteiger partial charge >= 0.3 is 0 Å². The van der Waals surface area contributed by atoms with Gasteiger partial charge in [0.2, 0.25) is 0 Å². The van der Waals surface area contributed by atoms with Crippen LogP contribution in [-0.4, -0.2) is 27.9 Å². The molecule has 0 aliphatic carbocycles. The predicted octanol–water partition coefficient (Wildman–Crippen LogP) is 1.87. The topological polar surface area (TPSA) is 26.0 Å². The maximum absolute atomic E-state index is 5.92. The van der Waals surface area contributed by atoms with Gasteiger partial charge in [-0.25, -0.2) is 0 Å². The third kappa shape index (κ3) is 4.17. The van der Waals surface area contributed by atoms with E-state index in [1.807, 2.05) is 0 Å². The molecule has 0 fully saturated rings. The first-order valence-corrected chi connectivity index (χ1v) is 10.4. The fourth-order valence-electron chi connectivity index (χ4n) is 1.25. The van der Waals surface area contributed by atoms with Crippen LogP contribution >= 0.6 is 0 Å². The molecule has 0 saturated heterocycles. The van der Waals surface area contributed by atoms with Crippen molar-refractivity contribution in [1.29, 1.82) is 0 Å². The molecule has 1 nitrogen and oxygen atoms in total. The number of hydrogen-bond donors (Lipinski definition) is 1. The standard InChI is InChI=1S/C9H21NSi2/c1-8(10)9(7-11(2)3)12(4,5)6/h8H,10H2,1-6H3. The average Bonchev–Trinajstić information content (AvgIpc) is 1.79. The summed E-state index contributed by atoms with van der Waals surface area (Å²) in [5, 5.41) is 4.99. The van der Waals surface area contributed by atoms with E-state index < -0.39 is 16.5 Å². The zero-order valence-electron chi connectivity index (χ0n) is 9.15. The summed E-state index contributed by atoms with van der Waals surface area (Å²) >= 11 is 0. The van der Waals surface area contributed by atoms with Gasteiger partial charge in [0.15, 0.2) is 0 Å².